The van der Waals surface area contributed by atoms with E-state index in [4.69, 9.17) is 0 Å². The highest BCUT2D eigenvalue weighted by molar-refractivity contribution is 14.1. The summed E-state index contributed by atoms with van der Waals surface area (Å²) in [5.74, 6) is 0. The smallest absolute Gasteiger partial charge is 0.0553 e. The van der Waals surface area contributed by atoms with Crippen LogP contribution in [0.4, 0.5) is 0 Å². The Balaban J connectivity index is 0.000001000. The number of hydrogen-bond acceptors (Lipinski definition) is 0. The Labute approximate surface area is 98.1 Å². The number of rotatable bonds is 0. The molecule has 1 aromatic carbocycles. The Morgan fingerprint density at radius 3 is 1.73 bits per heavy atom. The molecule has 0 aliphatic carbocycles. The third-order valence-corrected chi connectivity index (χ3v) is 3.28. The van der Waals surface area contributed by atoms with Gasteiger partial charge in [-0.15, -0.1) is 0 Å². The summed E-state index contributed by atoms with van der Waals surface area (Å²) in [5.41, 5.74) is 4.13. The molecule has 0 N–H and O–H groups in total. The standard InChI is InChI=1S/C9H11I.Mg.2H/c1-6-4-7(2)9(10)8(3)5-6;;;/h4-5H,1-3H3;;;. The highest BCUT2D eigenvalue weighted by atomic mass is 127. The van der Waals surface area contributed by atoms with Crippen molar-refractivity contribution in [1.82, 2.24) is 0 Å². The van der Waals surface area contributed by atoms with Gasteiger partial charge in [0.05, 0.1) is 0 Å². The van der Waals surface area contributed by atoms with E-state index in [1.54, 1.807) is 0 Å². The van der Waals surface area contributed by atoms with E-state index in [2.05, 4.69) is 55.5 Å². The summed E-state index contributed by atoms with van der Waals surface area (Å²) in [6, 6.07) is 4.43. The number of halogens is 1. The second-order valence-electron chi connectivity index (χ2n) is 2.71. The molecule has 11 heavy (non-hydrogen) atoms. The maximum absolute atomic E-state index is 2.39. The molecule has 0 amide bonds. The maximum Gasteiger partial charge on any atom is 0.316 e. The predicted molar refractivity (Wildman–Crippen MR) is 61.9 cm³/mol. The van der Waals surface area contributed by atoms with Gasteiger partial charge >= 0.3 is 23.1 Å². The average molecular weight is 272 g/mol. The van der Waals surface area contributed by atoms with E-state index in [0.29, 0.717) is 0 Å². The normalized spacial score (nSPS) is 9.09. The van der Waals surface area contributed by atoms with Crippen molar-refractivity contribution in [3.05, 3.63) is 32.4 Å². The van der Waals surface area contributed by atoms with Crippen molar-refractivity contribution in [3.63, 3.8) is 0 Å². The fourth-order valence-electron chi connectivity index (χ4n) is 1.16. The van der Waals surface area contributed by atoms with Gasteiger partial charge in [-0.25, -0.2) is 0 Å². The van der Waals surface area contributed by atoms with Crippen molar-refractivity contribution in [2.24, 2.45) is 0 Å². The molecule has 0 radical (unpaired) electrons. The average Bonchev–Trinajstić information content (AvgIpc) is 1.82. The largest absolute Gasteiger partial charge is 0.316 e. The van der Waals surface area contributed by atoms with Gasteiger partial charge in [-0.3, -0.25) is 0 Å². The fraction of sp³-hybridized carbons (Fsp3) is 0.333. The maximum atomic E-state index is 2.39. The van der Waals surface area contributed by atoms with Crippen LogP contribution < -0.4 is 0 Å². The van der Waals surface area contributed by atoms with Crippen molar-refractivity contribution < 1.29 is 0 Å². The molecule has 0 heterocycles. The molecule has 0 nitrogen and oxygen atoms in total. The molecule has 1 rings (SSSR count). The lowest BCUT2D eigenvalue weighted by molar-refractivity contribution is 1.29. The van der Waals surface area contributed by atoms with Crippen LogP contribution in [-0.2, 0) is 0 Å². The summed E-state index contributed by atoms with van der Waals surface area (Å²) in [4.78, 5) is 0. The van der Waals surface area contributed by atoms with E-state index in [1.807, 2.05) is 0 Å². The van der Waals surface area contributed by atoms with E-state index in [1.165, 1.54) is 20.3 Å². The number of aryl methyl sites for hydroxylation is 3. The van der Waals surface area contributed by atoms with Gasteiger partial charge in [0.1, 0.15) is 0 Å². The van der Waals surface area contributed by atoms with Crippen LogP contribution in [0.3, 0.4) is 0 Å². The third-order valence-electron chi connectivity index (χ3n) is 1.58. The fourth-order valence-corrected chi connectivity index (χ4v) is 1.47. The highest BCUT2D eigenvalue weighted by Gasteiger charge is 1.97. The molecule has 0 aromatic heterocycles. The molecule has 58 valence electrons. The summed E-state index contributed by atoms with van der Waals surface area (Å²) in [7, 11) is 0. The summed E-state index contributed by atoms with van der Waals surface area (Å²) in [6.07, 6.45) is 0. The molecule has 0 spiro atoms. The van der Waals surface area contributed by atoms with Gasteiger partial charge in [0.25, 0.3) is 0 Å². The molecule has 0 bridgehead atoms. The number of hydrogen-bond donors (Lipinski definition) is 0. The van der Waals surface area contributed by atoms with Gasteiger partial charge in [0.2, 0.25) is 0 Å². The zero-order chi connectivity index (χ0) is 7.72. The Morgan fingerprint density at radius 2 is 1.36 bits per heavy atom. The minimum absolute atomic E-state index is 0. The Hall–Kier alpha value is 0.716. The van der Waals surface area contributed by atoms with Crippen LogP contribution in [0.5, 0.6) is 0 Å². The van der Waals surface area contributed by atoms with E-state index >= 15 is 0 Å². The lowest BCUT2D eigenvalue weighted by Gasteiger charge is -2.03. The van der Waals surface area contributed by atoms with Crippen LogP contribution in [0.1, 0.15) is 16.7 Å². The van der Waals surface area contributed by atoms with Crippen molar-refractivity contribution in [1.29, 1.82) is 0 Å². The van der Waals surface area contributed by atoms with E-state index in [-0.39, 0.29) is 23.1 Å². The van der Waals surface area contributed by atoms with Gasteiger partial charge in [-0.2, -0.15) is 0 Å². The number of benzene rings is 1. The quantitative estimate of drug-likeness (QED) is 0.502. The molecular weight excluding hydrogens is 259 g/mol. The molecule has 2 heteroatoms. The van der Waals surface area contributed by atoms with E-state index < -0.39 is 0 Å². The molecule has 0 atom stereocenters. The van der Waals surface area contributed by atoms with Crippen LogP contribution in [-0.4, -0.2) is 23.1 Å². The lowest BCUT2D eigenvalue weighted by atomic mass is 10.1. The van der Waals surface area contributed by atoms with Gasteiger partial charge in [0.15, 0.2) is 0 Å². The second kappa shape index (κ2) is 4.67. The van der Waals surface area contributed by atoms with Crippen LogP contribution in [0.25, 0.3) is 0 Å². The SMILES string of the molecule is Cc1cc(C)c(I)c(C)c1.[MgH2]. The van der Waals surface area contributed by atoms with Gasteiger partial charge in [-0.1, -0.05) is 17.7 Å². The van der Waals surface area contributed by atoms with Crippen LogP contribution in [0.2, 0.25) is 0 Å². The topological polar surface area (TPSA) is 0 Å². The van der Waals surface area contributed by atoms with Crippen LogP contribution >= 0.6 is 22.6 Å². The second-order valence-corrected chi connectivity index (χ2v) is 3.79. The summed E-state index contributed by atoms with van der Waals surface area (Å²) >= 11 is 2.39. The molecule has 0 aliphatic heterocycles. The first-order chi connectivity index (χ1) is 4.61. The van der Waals surface area contributed by atoms with Crippen molar-refractivity contribution in [2.75, 3.05) is 0 Å². The summed E-state index contributed by atoms with van der Waals surface area (Å²) in [6.45, 7) is 6.44. The molecule has 0 saturated heterocycles. The molecule has 1 aromatic rings. The minimum Gasteiger partial charge on any atom is -0.0553 e. The molecule has 0 unspecified atom stereocenters. The van der Waals surface area contributed by atoms with Crippen LogP contribution in [0, 0.1) is 24.3 Å². The van der Waals surface area contributed by atoms with Crippen molar-refractivity contribution >= 4 is 45.6 Å². The molecule has 0 saturated carbocycles. The van der Waals surface area contributed by atoms with E-state index in [0.717, 1.165) is 0 Å². The zero-order valence-electron chi connectivity index (χ0n) is 6.53. The van der Waals surface area contributed by atoms with Crippen LogP contribution in [0.15, 0.2) is 12.1 Å². The predicted octanol–water partition coefficient (Wildman–Crippen LogP) is 2.30. The first kappa shape index (κ1) is 11.7. The van der Waals surface area contributed by atoms with Gasteiger partial charge in [-0.05, 0) is 54.5 Å². The minimum atomic E-state index is 0. The van der Waals surface area contributed by atoms with Crippen molar-refractivity contribution in [3.8, 4) is 0 Å². The Kier molecular flexibility index (Phi) is 4.98. The highest BCUT2D eigenvalue weighted by Crippen LogP contribution is 2.17. The Bertz CT molecular complexity index is 233. The van der Waals surface area contributed by atoms with Gasteiger partial charge in [0, 0.05) is 3.57 Å². The molecule has 0 aliphatic rings. The third kappa shape index (κ3) is 2.91. The summed E-state index contributed by atoms with van der Waals surface area (Å²) < 4.78 is 1.39. The lowest BCUT2D eigenvalue weighted by Crippen LogP contribution is -1.86. The van der Waals surface area contributed by atoms with E-state index in [9.17, 15) is 0 Å². The molecule has 0 fully saturated rings. The first-order valence-electron chi connectivity index (χ1n) is 3.34. The first-order valence-corrected chi connectivity index (χ1v) is 4.42. The van der Waals surface area contributed by atoms with Gasteiger partial charge < -0.3 is 0 Å². The molecular formula is C9H13IMg. The monoisotopic (exact) mass is 272 g/mol. The van der Waals surface area contributed by atoms with Crippen molar-refractivity contribution in [2.45, 2.75) is 20.8 Å². The summed E-state index contributed by atoms with van der Waals surface area (Å²) in [5, 5.41) is 0. The Morgan fingerprint density at radius 1 is 1.00 bits per heavy atom. The zero-order valence-corrected chi connectivity index (χ0v) is 8.69.